The molecule has 0 bridgehead atoms. The molecule has 0 aliphatic heterocycles. The van der Waals surface area contributed by atoms with Gasteiger partial charge in [0.1, 0.15) is 43.4 Å². The zero-order valence-corrected chi connectivity index (χ0v) is 33.6. The van der Waals surface area contributed by atoms with E-state index in [0.717, 1.165) is 22.3 Å². The van der Waals surface area contributed by atoms with Gasteiger partial charge in [-0.05, 0) is 73.1 Å². The summed E-state index contributed by atoms with van der Waals surface area (Å²) in [5.74, 6) is -4.77. The van der Waals surface area contributed by atoms with Crippen LogP contribution in [0.4, 0.5) is 4.79 Å². The van der Waals surface area contributed by atoms with E-state index in [4.69, 9.17) is 9.84 Å². The summed E-state index contributed by atoms with van der Waals surface area (Å²) in [6.45, 7) is 13.5. The van der Waals surface area contributed by atoms with Crippen LogP contribution in [0.1, 0.15) is 91.7 Å². The molecule has 0 aromatic heterocycles. The lowest BCUT2D eigenvalue weighted by Crippen LogP contribution is -2.59. The Hall–Kier alpha value is -5.47. The largest absolute Gasteiger partial charge is 0.480 e. The second-order valence-electron chi connectivity index (χ2n) is 15.6. The number of rotatable bonds is 20. The predicted molar refractivity (Wildman–Crippen MR) is 210 cm³/mol. The molecule has 56 heavy (non-hydrogen) atoms. The second-order valence-corrected chi connectivity index (χ2v) is 15.6. The number of hydrogen-bond acceptors (Lipinski definition) is 8. The maximum atomic E-state index is 13.8. The lowest BCUT2D eigenvalue weighted by atomic mass is 9.98. The minimum Gasteiger partial charge on any atom is -0.480 e. The van der Waals surface area contributed by atoms with Crippen LogP contribution in [-0.4, -0.2) is 90.1 Å². The number of carbonyl (C=O) groups excluding carboxylic acids is 6. The molecular formula is C41H58N6O9. The maximum absolute atomic E-state index is 13.8. The number of aliphatic carboxylic acids is 1. The molecule has 15 nitrogen and oxygen atoms in total. The van der Waals surface area contributed by atoms with Crippen LogP contribution in [0.2, 0.25) is 0 Å². The number of hydrogen-bond donors (Lipinski definition) is 7. The number of carbonyl (C=O) groups is 7. The molecule has 306 valence electrons. The Morgan fingerprint density at radius 1 is 0.554 bits per heavy atom. The van der Waals surface area contributed by atoms with Gasteiger partial charge in [0.05, 0.1) is 0 Å². The average Bonchev–Trinajstić information content (AvgIpc) is 3.44. The third kappa shape index (κ3) is 13.4. The molecule has 7 N–H and O–H groups in total. The Balaban J connectivity index is 1.67. The fourth-order valence-corrected chi connectivity index (χ4v) is 6.53. The van der Waals surface area contributed by atoms with Gasteiger partial charge in [0.2, 0.25) is 29.5 Å². The van der Waals surface area contributed by atoms with E-state index in [-0.39, 0.29) is 49.5 Å². The Bertz CT molecular complexity index is 1680. The number of carboxylic acids is 1. The van der Waals surface area contributed by atoms with E-state index >= 15 is 0 Å². The van der Waals surface area contributed by atoms with Crippen molar-refractivity contribution in [2.45, 2.75) is 111 Å². The fraction of sp³-hybridized carbons (Fsp3) is 0.537. The zero-order chi connectivity index (χ0) is 41.7. The SMILES string of the molecule is CC(C)C[C@H](NC(=O)OCC1c2ccccc2-c2ccccc21)C(=O)N[C@@H](CC(C)C)C(=O)N[C@@H](CC(C)C)C(=O)N[C@@H](C)C(=O)N[C@@H](C)C(=O)NCC(=O)O. The number of amides is 6. The van der Waals surface area contributed by atoms with Gasteiger partial charge in [-0.1, -0.05) is 90.1 Å². The Morgan fingerprint density at radius 3 is 1.39 bits per heavy atom. The van der Waals surface area contributed by atoms with Gasteiger partial charge in [0.25, 0.3) is 0 Å². The fourth-order valence-electron chi connectivity index (χ4n) is 6.53. The molecule has 1 aliphatic carbocycles. The number of ether oxygens (including phenoxy) is 1. The van der Waals surface area contributed by atoms with E-state index in [1.807, 2.05) is 90.1 Å². The van der Waals surface area contributed by atoms with Crippen LogP contribution in [0.25, 0.3) is 11.1 Å². The van der Waals surface area contributed by atoms with Crippen LogP contribution in [0.5, 0.6) is 0 Å². The van der Waals surface area contributed by atoms with Gasteiger partial charge in [-0.2, -0.15) is 0 Å². The van der Waals surface area contributed by atoms with Crippen molar-refractivity contribution in [3.63, 3.8) is 0 Å². The number of nitrogens with one attached hydrogen (secondary N) is 6. The zero-order valence-electron chi connectivity index (χ0n) is 33.6. The lowest BCUT2D eigenvalue weighted by molar-refractivity contribution is -0.138. The van der Waals surface area contributed by atoms with Crippen molar-refractivity contribution in [1.29, 1.82) is 0 Å². The van der Waals surface area contributed by atoms with Gasteiger partial charge in [0.15, 0.2) is 0 Å². The molecule has 0 saturated carbocycles. The minimum absolute atomic E-state index is 0.00238. The Kier molecular flexibility index (Phi) is 16.8. The number of alkyl carbamates (subject to hydrolysis) is 1. The van der Waals surface area contributed by atoms with Crippen LogP contribution < -0.4 is 31.9 Å². The van der Waals surface area contributed by atoms with Gasteiger partial charge >= 0.3 is 12.1 Å². The summed E-state index contributed by atoms with van der Waals surface area (Å²) >= 11 is 0. The molecular weight excluding hydrogens is 720 g/mol. The lowest BCUT2D eigenvalue weighted by Gasteiger charge is -2.28. The molecule has 2 aromatic rings. The highest BCUT2D eigenvalue weighted by atomic mass is 16.5. The van der Waals surface area contributed by atoms with Crippen LogP contribution in [0, 0.1) is 17.8 Å². The molecule has 0 spiro atoms. The van der Waals surface area contributed by atoms with Gasteiger partial charge in [0, 0.05) is 5.92 Å². The normalized spacial score (nSPS) is 14.7. The van der Waals surface area contributed by atoms with Crippen molar-refractivity contribution in [3.05, 3.63) is 59.7 Å². The smallest absolute Gasteiger partial charge is 0.407 e. The van der Waals surface area contributed by atoms with E-state index in [1.54, 1.807) is 0 Å². The molecule has 2 aromatic carbocycles. The summed E-state index contributed by atoms with van der Waals surface area (Å²) in [5.41, 5.74) is 4.28. The van der Waals surface area contributed by atoms with Crippen molar-refractivity contribution in [2.24, 2.45) is 17.8 Å². The Labute approximate surface area is 328 Å². The highest BCUT2D eigenvalue weighted by Crippen LogP contribution is 2.44. The predicted octanol–water partition coefficient (Wildman–Crippen LogP) is 3.21. The van der Waals surface area contributed by atoms with E-state index in [1.165, 1.54) is 13.8 Å². The molecule has 6 amide bonds. The summed E-state index contributed by atoms with van der Waals surface area (Å²) in [6.07, 6.45) is -0.0565. The van der Waals surface area contributed by atoms with Crippen molar-refractivity contribution >= 4 is 41.6 Å². The third-order valence-corrected chi connectivity index (χ3v) is 9.26. The van der Waals surface area contributed by atoms with Crippen molar-refractivity contribution < 1.29 is 43.4 Å². The third-order valence-electron chi connectivity index (χ3n) is 9.26. The first kappa shape index (κ1) is 44.9. The van der Waals surface area contributed by atoms with E-state index in [9.17, 15) is 33.6 Å². The number of fused-ring (bicyclic) bond motifs is 3. The Morgan fingerprint density at radius 2 is 0.946 bits per heavy atom. The standard InChI is InChI=1S/C41H58N6O9/c1-22(2)17-32(38(52)44-26(8)37(51)43-25(7)36(50)42-20-35(48)49)45-39(53)33(18-23(3)4)46-40(54)34(19-24(5)6)47-41(55)56-21-31-29-15-11-9-13-27(29)28-14-10-12-16-30(28)31/h9-16,22-26,31-34H,17-21H2,1-8H3,(H,42,50)(H,43,51)(H,44,52)(H,45,53)(H,46,54)(H,47,55)(H,48,49)/t25-,26-,32-,33-,34-/m0/s1. The molecule has 5 atom stereocenters. The quantitative estimate of drug-likeness (QED) is 0.105. The topological polar surface area (TPSA) is 221 Å². The van der Waals surface area contributed by atoms with Crippen LogP contribution in [0.15, 0.2) is 48.5 Å². The number of benzene rings is 2. The molecule has 1 aliphatic rings. The van der Waals surface area contributed by atoms with Gasteiger partial charge < -0.3 is 41.7 Å². The molecule has 0 heterocycles. The van der Waals surface area contributed by atoms with Crippen LogP contribution in [0.3, 0.4) is 0 Å². The molecule has 15 heteroatoms. The first-order valence-electron chi connectivity index (χ1n) is 19.2. The summed E-state index contributed by atoms with van der Waals surface area (Å²) in [5, 5.41) is 24.2. The van der Waals surface area contributed by atoms with Crippen LogP contribution in [-0.2, 0) is 33.5 Å². The molecule has 3 rings (SSSR count). The summed E-state index contributed by atoms with van der Waals surface area (Å²) in [6, 6.07) is 10.6. The van der Waals surface area contributed by atoms with Crippen LogP contribution >= 0.6 is 0 Å². The van der Waals surface area contributed by atoms with E-state index in [0.29, 0.717) is 0 Å². The average molecular weight is 779 g/mol. The first-order chi connectivity index (χ1) is 26.4. The van der Waals surface area contributed by atoms with Crippen molar-refractivity contribution in [3.8, 4) is 11.1 Å². The van der Waals surface area contributed by atoms with E-state index < -0.39 is 78.4 Å². The second kappa shape index (κ2) is 21.0. The molecule has 0 saturated heterocycles. The molecule has 0 radical (unpaired) electrons. The highest BCUT2D eigenvalue weighted by Gasteiger charge is 2.33. The maximum Gasteiger partial charge on any atom is 0.407 e. The summed E-state index contributed by atoms with van der Waals surface area (Å²) < 4.78 is 5.71. The summed E-state index contributed by atoms with van der Waals surface area (Å²) in [4.78, 5) is 89.9. The first-order valence-corrected chi connectivity index (χ1v) is 19.2. The van der Waals surface area contributed by atoms with E-state index in [2.05, 4.69) is 31.9 Å². The minimum atomic E-state index is -1.24. The van der Waals surface area contributed by atoms with Crippen molar-refractivity contribution in [1.82, 2.24) is 31.9 Å². The van der Waals surface area contributed by atoms with Gasteiger partial charge in [-0.25, -0.2) is 4.79 Å². The number of carboxylic acid groups (broad SMARTS) is 1. The monoisotopic (exact) mass is 778 g/mol. The highest BCUT2D eigenvalue weighted by molar-refractivity contribution is 5.96. The van der Waals surface area contributed by atoms with Gasteiger partial charge in [-0.15, -0.1) is 0 Å². The van der Waals surface area contributed by atoms with Gasteiger partial charge in [-0.3, -0.25) is 28.8 Å². The molecule has 0 fully saturated rings. The molecule has 0 unspecified atom stereocenters. The summed E-state index contributed by atoms with van der Waals surface area (Å²) in [7, 11) is 0. The van der Waals surface area contributed by atoms with Crippen molar-refractivity contribution in [2.75, 3.05) is 13.2 Å².